The number of alkyl halides is 2. The second kappa shape index (κ2) is 10.1. The molecule has 0 radical (unpaired) electrons. The molecule has 0 fully saturated rings. The number of nitrogens with one attached hydrogen (secondary N) is 2. The number of guanidine groups is 1. The van der Waals surface area contributed by atoms with Crippen molar-refractivity contribution in [3.8, 4) is 5.75 Å². The molecule has 0 aliphatic heterocycles. The van der Waals surface area contributed by atoms with Gasteiger partial charge in [-0.05, 0) is 38.5 Å². The molecule has 142 valence electrons. The van der Waals surface area contributed by atoms with Crippen molar-refractivity contribution in [1.82, 2.24) is 15.6 Å². The molecule has 0 aliphatic carbocycles. The number of hydrogen-bond donors (Lipinski definition) is 2. The zero-order chi connectivity index (χ0) is 18.9. The average molecular weight is 382 g/mol. The Labute approximate surface area is 156 Å². The highest BCUT2D eigenvalue weighted by molar-refractivity contribution is 7.11. The van der Waals surface area contributed by atoms with Crippen LogP contribution in [0.1, 0.15) is 28.1 Å². The molecule has 26 heavy (non-hydrogen) atoms. The van der Waals surface area contributed by atoms with E-state index in [4.69, 9.17) is 0 Å². The molecular formula is C18H24F2N4OS. The van der Waals surface area contributed by atoms with Crippen molar-refractivity contribution >= 4 is 17.3 Å². The van der Waals surface area contributed by atoms with Gasteiger partial charge in [-0.25, -0.2) is 9.98 Å². The van der Waals surface area contributed by atoms with E-state index in [0.717, 1.165) is 29.2 Å². The predicted molar refractivity (Wildman–Crippen MR) is 101 cm³/mol. The number of benzene rings is 1. The molecular weight excluding hydrogens is 358 g/mol. The molecule has 8 heteroatoms. The van der Waals surface area contributed by atoms with E-state index in [-0.39, 0.29) is 5.75 Å². The van der Waals surface area contributed by atoms with Crippen LogP contribution in [0.5, 0.6) is 5.75 Å². The molecule has 1 aromatic carbocycles. The van der Waals surface area contributed by atoms with Crippen molar-refractivity contribution in [3.05, 3.63) is 45.4 Å². The van der Waals surface area contributed by atoms with Gasteiger partial charge in [0.1, 0.15) is 5.75 Å². The molecule has 0 bridgehead atoms. The van der Waals surface area contributed by atoms with Crippen molar-refractivity contribution in [2.24, 2.45) is 4.99 Å². The van der Waals surface area contributed by atoms with Crippen molar-refractivity contribution in [1.29, 1.82) is 0 Å². The minimum atomic E-state index is -2.83. The first-order valence-corrected chi connectivity index (χ1v) is 9.28. The Kier molecular flexibility index (Phi) is 7.77. The first kappa shape index (κ1) is 20.1. The van der Waals surface area contributed by atoms with Gasteiger partial charge in [-0.15, -0.1) is 11.3 Å². The maximum atomic E-state index is 12.3. The van der Waals surface area contributed by atoms with E-state index in [9.17, 15) is 8.78 Å². The lowest BCUT2D eigenvalue weighted by Gasteiger charge is -2.11. The summed E-state index contributed by atoms with van der Waals surface area (Å²) in [5, 5.41) is 7.54. The number of aryl methyl sites for hydroxylation is 2. The van der Waals surface area contributed by atoms with Gasteiger partial charge in [0.05, 0.1) is 17.2 Å². The number of halogens is 2. The van der Waals surface area contributed by atoms with Crippen LogP contribution in [0.2, 0.25) is 0 Å². The lowest BCUT2D eigenvalue weighted by Crippen LogP contribution is -2.38. The van der Waals surface area contributed by atoms with E-state index in [2.05, 4.69) is 32.3 Å². The van der Waals surface area contributed by atoms with E-state index in [1.54, 1.807) is 23.5 Å². The fourth-order valence-electron chi connectivity index (χ4n) is 2.27. The first-order valence-electron chi connectivity index (χ1n) is 8.46. The van der Waals surface area contributed by atoms with Gasteiger partial charge in [0.2, 0.25) is 0 Å². The molecule has 0 unspecified atom stereocenters. The molecule has 1 aromatic heterocycles. The lowest BCUT2D eigenvalue weighted by molar-refractivity contribution is -0.0498. The summed E-state index contributed by atoms with van der Waals surface area (Å²) in [6, 6.07) is 6.57. The number of nitrogens with zero attached hydrogens (tertiary/aromatic N) is 2. The highest BCUT2D eigenvalue weighted by Gasteiger charge is 2.06. The monoisotopic (exact) mass is 382 g/mol. The molecule has 0 atom stereocenters. The Morgan fingerprint density at radius 3 is 2.77 bits per heavy atom. The van der Waals surface area contributed by atoms with Crippen LogP contribution in [0, 0.1) is 13.8 Å². The van der Waals surface area contributed by atoms with Gasteiger partial charge >= 0.3 is 6.61 Å². The van der Waals surface area contributed by atoms with Crippen LogP contribution in [-0.4, -0.2) is 30.6 Å². The topological polar surface area (TPSA) is 58.5 Å². The van der Waals surface area contributed by atoms with Gasteiger partial charge in [0, 0.05) is 24.4 Å². The van der Waals surface area contributed by atoms with Gasteiger partial charge < -0.3 is 15.4 Å². The van der Waals surface area contributed by atoms with Crippen LogP contribution in [0.3, 0.4) is 0 Å². The summed E-state index contributed by atoms with van der Waals surface area (Å²) in [5.74, 6) is 0.817. The summed E-state index contributed by atoms with van der Waals surface area (Å²) in [6.07, 6.45) is 0.821. The van der Waals surface area contributed by atoms with E-state index in [0.29, 0.717) is 19.0 Å². The van der Waals surface area contributed by atoms with Crippen LogP contribution in [0.25, 0.3) is 0 Å². The molecule has 2 rings (SSSR count). The third-order valence-corrected chi connectivity index (χ3v) is 4.72. The summed E-state index contributed by atoms with van der Waals surface area (Å²) < 4.78 is 29.0. The minimum absolute atomic E-state index is 0.139. The highest BCUT2D eigenvalue weighted by Crippen LogP contribution is 2.17. The van der Waals surface area contributed by atoms with Crippen LogP contribution in [0.4, 0.5) is 8.78 Å². The van der Waals surface area contributed by atoms with Crippen molar-refractivity contribution in [3.63, 3.8) is 0 Å². The molecule has 0 aliphatic rings. The third kappa shape index (κ3) is 6.59. The molecule has 0 saturated carbocycles. The second-order valence-electron chi connectivity index (χ2n) is 5.65. The predicted octanol–water partition coefficient (Wildman–Crippen LogP) is 3.66. The van der Waals surface area contributed by atoms with Gasteiger partial charge in [0.25, 0.3) is 0 Å². The maximum Gasteiger partial charge on any atom is 0.387 e. The molecule has 1 heterocycles. The van der Waals surface area contributed by atoms with Gasteiger partial charge in [-0.1, -0.05) is 12.1 Å². The van der Waals surface area contributed by atoms with Crippen molar-refractivity contribution in [2.45, 2.75) is 40.3 Å². The fourth-order valence-corrected chi connectivity index (χ4v) is 3.20. The van der Waals surface area contributed by atoms with Gasteiger partial charge in [0.15, 0.2) is 5.96 Å². The summed E-state index contributed by atoms with van der Waals surface area (Å²) >= 11 is 1.71. The standard InChI is InChI=1S/C18H24F2N4OS/c1-4-21-18(22-9-8-16-24-12(2)13(3)26-16)23-11-14-6-5-7-15(10-14)25-17(19)20/h5-7,10,17H,4,8-9,11H2,1-3H3,(H2,21,22,23). The van der Waals surface area contributed by atoms with Crippen LogP contribution in [-0.2, 0) is 13.0 Å². The second-order valence-corrected chi connectivity index (χ2v) is 6.93. The molecule has 2 N–H and O–H groups in total. The fraction of sp³-hybridized carbons (Fsp3) is 0.444. The molecule has 5 nitrogen and oxygen atoms in total. The van der Waals surface area contributed by atoms with Crippen LogP contribution in [0.15, 0.2) is 29.3 Å². The Bertz CT molecular complexity index is 714. The van der Waals surface area contributed by atoms with Crippen molar-refractivity contribution in [2.75, 3.05) is 13.1 Å². The number of hydrogen-bond acceptors (Lipinski definition) is 4. The third-order valence-electron chi connectivity index (χ3n) is 3.59. The summed E-state index contributed by atoms with van der Waals surface area (Å²) in [6.45, 7) is 5.06. The molecule has 2 aromatic rings. The Morgan fingerprint density at radius 1 is 1.31 bits per heavy atom. The molecule has 0 amide bonds. The van der Waals surface area contributed by atoms with E-state index >= 15 is 0 Å². The molecule has 0 saturated heterocycles. The van der Waals surface area contributed by atoms with Crippen LogP contribution >= 0.6 is 11.3 Å². The maximum absolute atomic E-state index is 12.3. The quantitative estimate of drug-likeness (QED) is 0.540. The smallest absolute Gasteiger partial charge is 0.387 e. The SMILES string of the molecule is CCNC(=NCc1cccc(OC(F)F)c1)NCCc1nc(C)c(C)s1. The number of rotatable bonds is 8. The Hall–Kier alpha value is -2.22. The normalized spacial score (nSPS) is 11.7. The highest BCUT2D eigenvalue weighted by atomic mass is 32.1. The first-order chi connectivity index (χ1) is 12.5. The summed E-state index contributed by atoms with van der Waals surface area (Å²) in [5.41, 5.74) is 1.88. The summed E-state index contributed by atoms with van der Waals surface area (Å²) in [4.78, 5) is 10.3. The minimum Gasteiger partial charge on any atom is -0.435 e. The number of ether oxygens (including phenoxy) is 1. The van der Waals surface area contributed by atoms with E-state index < -0.39 is 6.61 Å². The number of aromatic nitrogens is 1. The average Bonchev–Trinajstić information content (AvgIpc) is 2.90. The molecule has 0 spiro atoms. The van der Waals surface area contributed by atoms with Crippen molar-refractivity contribution < 1.29 is 13.5 Å². The number of aliphatic imine (C=N–C) groups is 1. The van der Waals surface area contributed by atoms with Gasteiger partial charge in [-0.2, -0.15) is 8.78 Å². The van der Waals surface area contributed by atoms with E-state index in [1.165, 1.54) is 10.9 Å². The zero-order valence-corrected chi connectivity index (χ0v) is 16.0. The largest absolute Gasteiger partial charge is 0.435 e. The van der Waals surface area contributed by atoms with E-state index in [1.807, 2.05) is 19.9 Å². The Morgan fingerprint density at radius 2 is 2.12 bits per heavy atom. The number of thiazole rings is 1. The summed E-state index contributed by atoms with van der Waals surface area (Å²) in [7, 11) is 0. The Balaban J connectivity index is 1.91. The van der Waals surface area contributed by atoms with Gasteiger partial charge in [-0.3, -0.25) is 0 Å². The van der Waals surface area contributed by atoms with Crippen LogP contribution < -0.4 is 15.4 Å². The lowest BCUT2D eigenvalue weighted by atomic mass is 10.2. The zero-order valence-electron chi connectivity index (χ0n) is 15.2.